The van der Waals surface area contributed by atoms with Crippen LogP contribution in [-0.2, 0) is 13.6 Å². The van der Waals surface area contributed by atoms with Crippen molar-refractivity contribution in [3.8, 4) is 11.6 Å². The molecule has 0 fully saturated rings. The summed E-state index contributed by atoms with van der Waals surface area (Å²) >= 11 is 0. The molecule has 2 rings (SSSR count). The van der Waals surface area contributed by atoms with E-state index in [1.165, 1.54) is 0 Å². The fourth-order valence-corrected chi connectivity index (χ4v) is 1.73. The van der Waals surface area contributed by atoms with Crippen molar-refractivity contribution in [3.05, 3.63) is 35.8 Å². The molecule has 2 aromatic rings. The second-order valence-corrected chi connectivity index (χ2v) is 4.87. The average molecular weight is 260 g/mol. The first-order valence-electron chi connectivity index (χ1n) is 6.41. The standard InChI is InChI=1S/C14H20N4O/c1-10(2)16-9-12-8-13(5-6-15-12)19-14-7-11(3)17-18(14)4/h5-8,10,16H,9H2,1-4H3. The Labute approximate surface area is 113 Å². The summed E-state index contributed by atoms with van der Waals surface area (Å²) in [6.45, 7) is 6.90. The van der Waals surface area contributed by atoms with Crippen LogP contribution >= 0.6 is 0 Å². The van der Waals surface area contributed by atoms with Crippen LogP contribution in [0.4, 0.5) is 0 Å². The van der Waals surface area contributed by atoms with Gasteiger partial charge in [0.25, 0.3) is 0 Å². The molecule has 0 amide bonds. The van der Waals surface area contributed by atoms with Gasteiger partial charge in [-0.05, 0) is 13.0 Å². The predicted octanol–water partition coefficient (Wildman–Crippen LogP) is 2.41. The molecule has 5 heteroatoms. The predicted molar refractivity (Wildman–Crippen MR) is 74.2 cm³/mol. The topological polar surface area (TPSA) is 52.0 Å². The van der Waals surface area contributed by atoms with E-state index >= 15 is 0 Å². The first-order valence-corrected chi connectivity index (χ1v) is 6.41. The Kier molecular flexibility index (Phi) is 4.16. The summed E-state index contributed by atoms with van der Waals surface area (Å²) in [7, 11) is 1.87. The molecule has 0 aliphatic carbocycles. The summed E-state index contributed by atoms with van der Waals surface area (Å²) in [5.74, 6) is 1.50. The Morgan fingerprint density at radius 2 is 2.16 bits per heavy atom. The van der Waals surface area contributed by atoms with Gasteiger partial charge in [-0.25, -0.2) is 4.68 Å². The molecule has 2 heterocycles. The van der Waals surface area contributed by atoms with Crippen LogP contribution in [0.2, 0.25) is 0 Å². The fraction of sp³-hybridized carbons (Fsp3) is 0.429. The molecule has 0 aromatic carbocycles. The molecule has 2 aromatic heterocycles. The first kappa shape index (κ1) is 13.5. The van der Waals surface area contributed by atoms with Crippen LogP contribution in [0.5, 0.6) is 11.6 Å². The molecule has 0 saturated carbocycles. The Balaban J connectivity index is 2.08. The molecule has 102 valence electrons. The van der Waals surface area contributed by atoms with E-state index in [9.17, 15) is 0 Å². The van der Waals surface area contributed by atoms with Crippen molar-refractivity contribution in [3.63, 3.8) is 0 Å². The number of aryl methyl sites for hydroxylation is 2. The van der Waals surface area contributed by atoms with Gasteiger partial charge in [0.2, 0.25) is 5.88 Å². The average Bonchev–Trinajstić information content (AvgIpc) is 2.66. The highest BCUT2D eigenvalue weighted by molar-refractivity contribution is 5.28. The first-order chi connectivity index (χ1) is 9.04. The number of aromatic nitrogens is 3. The Morgan fingerprint density at radius 1 is 1.37 bits per heavy atom. The molecule has 0 aliphatic heterocycles. The molecule has 0 bridgehead atoms. The summed E-state index contributed by atoms with van der Waals surface area (Å²) in [6.07, 6.45) is 1.76. The molecular formula is C14H20N4O. The number of hydrogen-bond acceptors (Lipinski definition) is 4. The molecule has 0 unspecified atom stereocenters. The molecular weight excluding hydrogens is 240 g/mol. The highest BCUT2D eigenvalue weighted by Crippen LogP contribution is 2.21. The summed E-state index contributed by atoms with van der Waals surface area (Å²) < 4.78 is 7.53. The van der Waals surface area contributed by atoms with Crippen LogP contribution in [0, 0.1) is 6.92 Å². The van der Waals surface area contributed by atoms with Crippen LogP contribution in [-0.4, -0.2) is 20.8 Å². The van der Waals surface area contributed by atoms with Crippen LogP contribution < -0.4 is 10.1 Å². The maximum atomic E-state index is 5.81. The largest absolute Gasteiger partial charge is 0.439 e. The number of nitrogens with zero attached hydrogens (tertiary/aromatic N) is 3. The lowest BCUT2D eigenvalue weighted by molar-refractivity contribution is 0.429. The highest BCUT2D eigenvalue weighted by atomic mass is 16.5. The molecule has 0 aliphatic rings. The van der Waals surface area contributed by atoms with Gasteiger partial charge in [0, 0.05) is 38.0 Å². The third-order valence-electron chi connectivity index (χ3n) is 2.66. The second-order valence-electron chi connectivity index (χ2n) is 4.87. The van der Waals surface area contributed by atoms with Crippen molar-refractivity contribution in [1.29, 1.82) is 0 Å². The van der Waals surface area contributed by atoms with E-state index in [1.807, 2.05) is 32.2 Å². The summed E-state index contributed by atoms with van der Waals surface area (Å²) in [6, 6.07) is 6.14. The van der Waals surface area contributed by atoms with Gasteiger partial charge in [0.15, 0.2) is 0 Å². The van der Waals surface area contributed by atoms with Gasteiger partial charge >= 0.3 is 0 Å². The zero-order valence-electron chi connectivity index (χ0n) is 11.8. The maximum absolute atomic E-state index is 5.81. The van der Waals surface area contributed by atoms with Gasteiger partial charge < -0.3 is 10.1 Å². The minimum absolute atomic E-state index is 0.436. The molecule has 0 spiro atoms. The van der Waals surface area contributed by atoms with E-state index in [0.717, 1.165) is 29.6 Å². The molecule has 1 N–H and O–H groups in total. The highest BCUT2D eigenvalue weighted by Gasteiger charge is 2.05. The van der Waals surface area contributed by atoms with E-state index in [-0.39, 0.29) is 0 Å². The molecule has 5 nitrogen and oxygen atoms in total. The quantitative estimate of drug-likeness (QED) is 0.897. The molecule has 19 heavy (non-hydrogen) atoms. The fourth-order valence-electron chi connectivity index (χ4n) is 1.73. The van der Waals surface area contributed by atoms with Crippen molar-refractivity contribution < 1.29 is 4.74 Å². The lowest BCUT2D eigenvalue weighted by Crippen LogP contribution is -2.22. The van der Waals surface area contributed by atoms with E-state index in [1.54, 1.807) is 10.9 Å². The minimum atomic E-state index is 0.436. The smallest absolute Gasteiger partial charge is 0.217 e. The van der Waals surface area contributed by atoms with Gasteiger partial charge in [-0.15, -0.1) is 0 Å². The van der Waals surface area contributed by atoms with Crippen molar-refractivity contribution in [2.24, 2.45) is 7.05 Å². The van der Waals surface area contributed by atoms with Gasteiger partial charge in [-0.1, -0.05) is 13.8 Å². The summed E-state index contributed by atoms with van der Waals surface area (Å²) in [5.41, 5.74) is 1.90. The molecule has 0 saturated heterocycles. The van der Waals surface area contributed by atoms with Crippen molar-refractivity contribution in [2.75, 3.05) is 0 Å². The van der Waals surface area contributed by atoms with Gasteiger partial charge in [0.05, 0.1) is 11.4 Å². The SMILES string of the molecule is Cc1cc(Oc2ccnc(CNC(C)C)c2)n(C)n1. The van der Waals surface area contributed by atoms with Crippen LogP contribution in [0.25, 0.3) is 0 Å². The van der Waals surface area contributed by atoms with E-state index in [0.29, 0.717) is 6.04 Å². The number of pyridine rings is 1. The Bertz CT molecular complexity index is 548. The summed E-state index contributed by atoms with van der Waals surface area (Å²) in [5, 5.41) is 7.59. The molecule has 0 atom stereocenters. The molecule has 0 radical (unpaired) electrons. The van der Waals surface area contributed by atoms with Gasteiger partial charge in [0.1, 0.15) is 5.75 Å². The van der Waals surface area contributed by atoms with Crippen molar-refractivity contribution >= 4 is 0 Å². The van der Waals surface area contributed by atoms with E-state index < -0.39 is 0 Å². The lowest BCUT2D eigenvalue weighted by Gasteiger charge is -2.09. The van der Waals surface area contributed by atoms with E-state index in [2.05, 4.69) is 29.2 Å². The number of ether oxygens (including phenoxy) is 1. The monoisotopic (exact) mass is 260 g/mol. The summed E-state index contributed by atoms with van der Waals surface area (Å²) in [4.78, 5) is 4.32. The Morgan fingerprint density at radius 3 is 2.79 bits per heavy atom. The number of hydrogen-bond donors (Lipinski definition) is 1. The van der Waals surface area contributed by atoms with Gasteiger partial charge in [-0.2, -0.15) is 5.10 Å². The Hall–Kier alpha value is -1.88. The van der Waals surface area contributed by atoms with Crippen molar-refractivity contribution in [1.82, 2.24) is 20.1 Å². The normalized spacial score (nSPS) is 11.0. The van der Waals surface area contributed by atoms with Crippen LogP contribution in [0.1, 0.15) is 25.2 Å². The van der Waals surface area contributed by atoms with Crippen molar-refractivity contribution in [2.45, 2.75) is 33.4 Å². The number of rotatable bonds is 5. The zero-order valence-corrected chi connectivity index (χ0v) is 11.8. The van der Waals surface area contributed by atoms with Crippen LogP contribution in [0.15, 0.2) is 24.4 Å². The minimum Gasteiger partial charge on any atom is -0.439 e. The van der Waals surface area contributed by atoms with Gasteiger partial charge in [-0.3, -0.25) is 4.98 Å². The third kappa shape index (κ3) is 3.79. The van der Waals surface area contributed by atoms with Crippen LogP contribution in [0.3, 0.4) is 0 Å². The second kappa shape index (κ2) is 5.84. The lowest BCUT2D eigenvalue weighted by atomic mass is 10.3. The number of nitrogens with one attached hydrogen (secondary N) is 1. The zero-order chi connectivity index (χ0) is 13.8. The maximum Gasteiger partial charge on any atom is 0.217 e. The third-order valence-corrected chi connectivity index (χ3v) is 2.66. The van der Waals surface area contributed by atoms with E-state index in [4.69, 9.17) is 4.74 Å².